The molecule has 0 spiro atoms. The lowest BCUT2D eigenvalue weighted by molar-refractivity contribution is 0.0219. The van der Waals surface area contributed by atoms with Crippen molar-refractivity contribution in [3.05, 3.63) is 12.2 Å². The van der Waals surface area contributed by atoms with Crippen LogP contribution in [0.3, 0.4) is 0 Å². The molecule has 3 fully saturated rings. The molecular formula is C15H24O2. The molecule has 0 unspecified atom stereocenters. The van der Waals surface area contributed by atoms with Crippen molar-refractivity contribution in [2.75, 3.05) is 13.2 Å². The van der Waals surface area contributed by atoms with Crippen LogP contribution in [-0.2, 0) is 4.74 Å². The highest BCUT2D eigenvalue weighted by atomic mass is 16.6. The predicted octanol–water partition coefficient (Wildman–Crippen LogP) is 2.91. The maximum Gasteiger partial charge on any atom is 0.117 e. The summed E-state index contributed by atoms with van der Waals surface area (Å²) in [7, 11) is 0. The van der Waals surface area contributed by atoms with Gasteiger partial charge in [0.15, 0.2) is 0 Å². The molecule has 4 atom stereocenters. The zero-order valence-electron chi connectivity index (χ0n) is 10.9. The molecule has 1 N–H and O–H groups in total. The number of fused-ring (bicyclic) bond motifs is 1. The van der Waals surface area contributed by atoms with Crippen LogP contribution in [0.15, 0.2) is 12.2 Å². The number of hydrogen-bond acceptors (Lipinski definition) is 2. The average molecular weight is 236 g/mol. The van der Waals surface area contributed by atoms with E-state index in [0.717, 1.165) is 6.61 Å². The monoisotopic (exact) mass is 236 g/mol. The first-order chi connectivity index (χ1) is 8.10. The van der Waals surface area contributed by atoms with Crippen LogP contribution in [0.25, 0.3) is 0 Å². The van der Waals surface area contributed by atoms with Crippen molar-refractivity contribution in [1.29, 1.82) is 0 Å². The number of epoxide rings is 1. The summed E-state index contributed by atoms with van der Waals surface area (Å²) in [6.45, 7) is 7.72. The molecule has 3 aliphatic rings. The highest BCUT2D eigenvalue weighted by molar-refractivity contribution is 5.15. The van der Waals surface area contributed by atoms with Gasteiger partial charge in [0.25, 0.3) is 0 Å². The Labute approximate surface area is 104 Å². The lowest BCUT2D eigenvalue weighted by Crippen LogP contribution is -2.43. The zero-order chi connectivity index (χ0) is 12.1. The van der Waals surface area contributed by atoms with Crippen molar-refractivity contribution in [2.45, 2.75) is 51.0 Å². The summed E-state index contributed by atoms with van der Waals surface area (Å²) in [6.07, 6.45) is 7.58. The van der Waals surface area contributed by atoms with Crippen molar-refractivity contribution in [1.82, 2.24) is 0 Å². The second-order valence-corrected chi connectivity index (χ2v) is 6.70. The van der Waals surface area contributed by atoms with Crippen LogP contribution in [0.2, 0.25) is 0 Å². The molecule has 96 valence electrons. The fraction of sp³-hybridized carbons (Fsp3) is 0.867. The fourth-order valence-corrected chi connectivity index (χ4v) is 4.24. The standard InChI is InChI=1S/C15H24O2/c1-11-4-3-6-14(2)7-5-12(8-13(11)14)15(9-16)10-17-15/h12-13,16H,1,3-10H2,2H3/t12-,13+,14-,15-/m1/s1. The van der Waals surface area contributed by atoms with Gasteiger partial charge in [-0.15, -0.1) is 0 Å². The Bertz CT molecular complexity index is 332. The van der Waals surface area contributed by atoms with E-state index in [1.807, 2.05) is 0 Å². The number of aliphatic hydroxyl groups is 1. The number of aliphatic hydroxyl groups excluding tert-OH is 1. The van der Waals surface area contributed by atoms with E-state index in [-0.39, 0.29) is 12.2 Å². The molecule has 0 radical (unpaired) electrons. The summed E-state index contributed by atoms with van der Waals surface area (Å²) in [6, 6.07) is 0. The van der Waals surface area contributed by atoms with Gasteiger partial charge in [-0.1, -0.05) is 19.1 Å². The summed E-state index contributed by atoms with van der Waals surface area (Å²) in [5.41, 5.74) is 1.77. The Kier molecular flexibility index (Phi) is 2.64. The van der Waals surface area contributed by atoms with E-state index in [1.165, 1.54) is 44.1 Å². The van der Waals surface area contributed by atoms with Crippen LogP contribution in [0.1, 0.15) is 45.4 Å². The van der Waals surface area contributed by atoms with Crippen LogP contribution in [-0.4, -0.2) is 23.9 Å². The smallest absolute Gasteiger partial charge is 0.117 e. The molecular weight excluding hydrogens is 212 g/mol. The molecule has 0 aromatic rings. The van der Waals surface area contributed by atoms with Gasteiger partial charge in [-0.3, -0.25) is 0 Å². The van der Waals surface area contributed by atoms with Crippen molar-refractivity contribution in [3.63, 3.8) is 0 Å². The largest absolute Gasteiger partial charge is 0.393 e. The van der Waals surface area contributed by atoms with Gasteiger partial charge in [-0.05, 0) is 55.8 Å². The van der Waals surface area contributed by atoms with E-state index < -0.39 is 0 Å². The molecule has 2 nitrogen and oxygen atoms in total. The van der Waals surface area contributed by atoms with E-state index in [4.69, 9.17) is 4.74 Å². The Morgan fingerprint density at radius 2 is 2.24 bits per heavy atom. The van der Waals surface area contributed by atoms with E-state index in [0.29, 0.717) is 17.3 Å². The maximum atomic E-state index is 9.49. The minimum Gasteiger partial charge on any atom is -0.393 e. The van der Waals surface area contributed by atoms with Gasteiger partial charge in [0.1, 0.15) is 5.60 Å². The molecule has 2 saturated carbocycles. The van der Waals surface area contributed by atoms with E-state index in [9.17, 15) is 5.11 Å². The SMILES string of the molecule is C=C1CCC[C@]2(C)CC[C@@H]([C@@]3(CO)CO3)C[C@@H]12. The lowest BCUT2D eigenvalue weighted by atomic mass is 9.55. The Balaban J connectivity index is 1.77. The van der Waals surface area contributed by atoms with Crippen molar-refractivity contribution in [2.24, 2.45) is 17.3 Å². The molecule has 0 aromatic heterocycles. The van der Waals surface area contributed by atoms with Crippen molar-refractivity contribution >= 4 is 0 Å². The lowest BCUT2D eigenvalue weighted by Gasteiger charge is -2.49. The third-order valence-corrected chi connectivity index (χ3v) is 5.69. The Morgan fingerprint density at radius 1 is 1.47 bits per heavy atom. The first-order valence-electron chi connectivity index (χ1n) is 7.02. The second kappa shape index (κ2) is 3.83. The van der Waals surface area contributed by atoms with E-state index >= 15 is 0 Å². The Hall–Kier alpha value is -0.340. The first-order valence-corrected chi connectivity index (χ1v) is 7.02. The van der Waals surface area contributed by atoms with Gasteiger partial charge in [0.05, 0.1) is 13.2 Å². The van der Waals surface area contributed by atoms with Gasteiger partial charge in [-0.2, -0.15) is 0 Å². The van der Waals surface area contributed by atoms with Crippen LogP contribution >= 0.6 is 0 Å². The van der Waals surface area contributed by atoms with Gasteiger partial charge in [0, 0.05) is 0 Å². The number of hydrogen-bond donors (Lipinski definition) is 1. The summed E-state index contributed by atoms with van der Waals surface area (Å²) in [4.78, 5) is 0. The minimum atomic E-state index is -0.168. The van der Waals surface area contributed by atoms with Crippen LogP contribution in [0, 0.1) is 17.3 Å². The molecule has 2 aliphatic carbocycles. The molecule has 0 amide bonds. The zero-order valence-corrected chi connectivity index (χ0v) is 10.9. The van der Waals surface area contributed by atoms with Crippen LogP contribution in [0.5, 0.6) is 0 Å². The van der Waals surface area contributed by atoms with Gasteiger partial charge in [-0.25, -0.2) is 0 Å². The maximum absolute atomic E-state index is 9.49. The highest BCUT2D eigenvalue weighted by Gasteiger charge is 2.55. The molecule has 3 rings (SSSR count). The molecule has 2 heteroatoms. The summed E-state index contributed by atoms with van der Waals surface area (Å²) in [5.74, 6) is 1.23. The van der Waals surface area contributed by atoms with Crippen LogP contribution < -0.4 is 0 Å². The fourth-order valence-electron chi connectivity index (χ4n) is 4.24. The highest BCUT2D eigenvalue weighted by Crippen LogP contribution is 2.56. The summed E-state index contributed by atoms with van der Waals surface area (Å²) >= 11 is 0. The first kappa shape index (κ1) is 11.7. The van der Waals surface area contributed by atoms with Gasteiger partial charge in [0.2, 0.25) is 0 Å². The Morgan fingerprint density at radius 3 is 2.88 bits per heavy atom. The molecule has 0 aromatic carbocycles. The third-order valence-electron chi connectivity index (χ3n) is 5.69. The molecule has 1 heterocycles. The number of ether oxygens (including phenoxy) is 1. The molecule has 0 bridgehead atoms. The normalized spacial score (nSPS) is 49.9. The molecule has 17 heavy (non-hydrogen) atoms. The van der Waals surface area contributed by atoms with Crippen molar-refractivity contribution < 1.29 is 9.84 Å². The topological polar surface area (TPSA) is 32.8 Å². The quantitative estimate of drug-likeness (QED) is 0.590. The van der Waals surface area contributed by atoms with E-state index in [2.05, 4.69) is 13.5 Å². The number of rotatable bonds is 2. The summed E-state index contributed by atoms with van der Waals surface area (Å²) in [5, 5.41) is 9.49. The third kappa shape index (κ3) is 1.77. The molecule has 1 saturated heterocycles. The molecule has 1 aliphatic heterocycles. The number of allylic oxidation sites excluding steroid dienone is 1. The summed E-state index contributed by atoms with van der Waals surface area (Å²) < 4.78 is 5.55. The van der Waals surface area contributed by atoms with Gasteiger partial charge < -0.3 is 9.84 Å². The predicted molar refractivity (Wildman–Crippen MR) is 67.7 cm³/mol. The van der Waals surface area contributed by atoms with Gasteiger partial charge >= 0.3 is 0 Å². The van der Waals surface area contributed by atoms with E-state index in [1.54, 1.807) is 0 Å². The van der Waals surface area contributed by atoms with Crippen LogP contribution in [0.4, 0.5) is 0 Å². The average Bonchev–Trinajstić information content (AvgIpc) is 3.09. The minimum absolute atomic E-state index is 0.168. The van der Waals surface area contributed by atoms with Crippen molar-refractivity contribution in [3.8, 4) is 0 Å². The second-order valence-electron chi connectivity index (χ2n) is 6.70.